The maximum Gasteiger partial charge on any atom is 0.253 e. The monoisotopic (exact) mass is 314 g/mol. The first kappa shape index (κ1) is 14.6. The molecule has 2 aromatic rings. The lowest BCUT2D eigenvalue weighted by Gasteiger charge is -2.34. The second kappa shape index (κ2) is 5.81. The Labute approximate surface area is 133 Å². The minimum Gasteiger partial charge on any atom is -0.353 e. The fourth-order valence-electron chi connectivity index (χ4n) is 2.49. The van der Waals surface area contributed by atoms with Crippen LogP contribution in [0.4, 0.5) is 11.4 Å². The van der Waals surface area contributed by atoms with Crippen LogP contribution in [0.25, 0.3) is 0 Å². The van der Waals surface area contributed by atoms with Crippen molar-refractivity contribution in [2.24, 2.45) is 0 Å². The molecule has 0 radical (unpaired) electrons. The number of piperazine rings is 1. The van der Waals surface area contributed by atoms with E-state index < -0.39 is 0 Å². The van der Waals surface area contributed by atoms with E-state index in [1.807, 2.05) is 43.3 Å². The molecule has 2 amide bonds. The van der Waals surface area contributed by atoms with Gasteiger partial charge in [-0.3, -0.25) is 9.59 Å². The summed E-state index contributed by atoms with van der Waals surface area (Å²) >= 11 is 6.09. The number of nitrogens with zero attached hydrogens (tertiary/aromatic N) is 2. The molecule has 0 atom stereocenters. The van der Waals surface area contributed by atoms with Crippen molar-refractivity contribution in [1.82, 2.24) is 0 Å². The van der Waals surface area contributed by atoms with E-state index >= 15 is 0 Å². The van der Waals surface area contributed by atoms with Crippen molar-refractivity contribution in [2.45, 2.75) is 6.92 Å². The van der Waals surface area contributed by atoms with Crippen LogP contribution in [0.3, 0.4) is 0 Å². The van der Waals surface area contributed by atoms with E-state index in [0.717, 1.165) is 11.3 Å². The van der Waals surface area contributed by atoms with Gasteiger partial charge in [-0.15, -0.1) is 0 Å². The van der Waals surface area contributed by atoms with E-state index in [-0.39, 0.29) is 24.9 Å². The molecule has 2 aromatic carbocycles. The third kappa shape index (κ3) is 2.70. The lowest BCUT2D eigenvalue weighted by atomic mass is 10.1. The predicted molar refractivity (Wildman–Crippen MR) is 87.3 cm³/mol. The highest BCUT2D eigenvalue weighted by molar-refractivity contribution is 6.32. The van der Waals surface area contributed by atoms with Crippen molar-refractivity contribution in [1.29, 1.82) is 0 Å². The van der Waals surface area contributed by atoms with Crippen LogP contribution in [0.5, 0.6) is 0 Å². The van der Waals surface area contributed by atoms with Crippen LogP contribution in [-0.2, 0) is 9.59 Å². The number of hydrogen-bond donors (Lipinski definition) is 0. The average Bonchev–Trinajstić information content (AvgIpc) is 2.51. The summed E-state index contributed by atoms with van der Waals surface area (Å²) in [5.74, 6) is -0.500. The van der Waals surface area contributed by atoms with E-state index in [2.05, 4.69) is 0 Å². The third-order valence-electron chi connectivity index (χ3n) is 3.69. The standard InChI is InChI=1S/C17H15ClN2O2/c1-12-7-8-14(9-15(12)18)20-16(21)10-19(11-17(20)22)13-5-3-2-4-6-13/h2-9H,10-11H2,1H3. The largest absolute Gasteiger partial charge is 0.353 e. The average molecular weight is 315 g/mol. The van der Waals surface area contributed by atoms with Gasteiger partial charge in [-0.05, 0) is 36.8 Å². The number of para-hydroxylation sites is 1. The van der Waals surface area contributed by atoms with Gasteiger partial charge < -0.3 is 4.90 Å². The van der Waals surface area contributed by atoms with Crippen LogP contribution in [-0.4, -0.2) is 24.9 Å². The molecule has 1 aliphatic rings. The zero-order valence-electron chi connectivity index (χ0n) is 12.1. The Morgan fingerprint density at radius 3 is 2.14 bits per heavy atom. The van der Waals surface area contributed by atoms with Gasteiger partial charge in [0.1, 0.15) is 0 Å². The molecule has 1 heterocycles. The molecule has 3 rings (SSSR count). The first-order valence-corrected chi connectivity index (χ1v) is 7.36. The van der Waals surface area contributed by atoms with Crippen LogP contribution in [0, 0.1) is 6.92 Å². The molecule has 0 unspecified atom stereocenters. The summed E-state index contributed by atoms with van der Waals surface area (Å²) in [7, 11) is 0. The number of imide groups is 1. The van der Waals surface area contributed by atoms with Crippen LogP contribution >= 0.6 is 11.6 Å². The number of halogens is 1. The number of amides is 2. The van der Waals surface area contributed by atoms with Gasteiger partial charge in [-0.1, -0.05) is 35.9 Å². The second-order valence-corrected chi connectivity index (χ2v) is 5.66. The Morgan fingerprint density at radius 2 is 1.55 bits per heavy atom. The van der Waals surface area contributed by atoms with E-state index in [9.17, 15) is 9.59 Å². The van der Waals surface area contributed by atoms with Crippen LogP contribution in [0.1, 0.15) is 5.56 Å². The molecule has 0 saturated carbocycles. The Bertz CT molecular complexity index is 713. The first-order chi connectivity index (χ1) is 10.6. The summed E-state index contributed by atoms with van der Waals surface area (Å²) in [6, 6.07) is 14.7. The van der Waals surface area contributed by atoms with Gasteiger partial charge in [0, 0.05) is 10.7 Å². The number of carbonyl (C=O) groups excluding carboxylic acids is 2. The van der Waals surface area contributed by atoms with Gasteiger partial charge in [-0.2, -0.15) is 0 Å². The molecule has 5 heteroatoms. The Morgan fingerprint density at radius 1 is 0.909 bits per heavy atom. The Kier molecular flexibility index (Phi) is 3.86. The summed E-state index contributed by atoms with van der Waals surface area (Å²) in [6.07, 6.45) is 0. The first-order valence-electron chi connectivity index (χ1n) is 6.98. The van der Waals surface area contributed by atoms with E-state index in [1.54, 1.807) is 17.0 Å². The minimum absolute atomic E-state index is 0.168. The second-order valence-electron chi connectivity index (χ2n) is 5.25. The molecule has 4 nitrogen and oxygen atoms in total. The maximum absolute atomic E-state index is 12.4. The van der Waals surface area contributed by atoms with E-state index in [4.69, 9.17) is 11.6 Å². The highest BCUT2D eigenvalue weighted by Gasteiger charge is 2.32. The zero-order chi connectivity index (χ0) is 15.7. The predicted octanol–water partition coefficient (Wildman–Crippen LogP) is 3.03. The summed E-state index contributed by atoms with van der Waals surface area (Å²) in [5.41, 5.74) is 2.30. The quantitative estimate of drug-likeness (QED) is 0.800. The molecule has 0 N–H and O–H groups in total. The van der Waals surface area contributed by atoms with Gasteiger partial charge >= 0.3 is 0 Å². The Balaban J connectivity index is 1.86. The SMILES string of the molecule is Cc1ccc(N2C(=O)CN(c3ccccc3)CC2=O)cc1Cl. The zero-order valence-corrected chi connectivity index (χ0v) is 12.9. The third-order valence-corrected chi connectivity index (χ3v) is 4.09. The number of carbonyl (C=O) groups is 2. The Hall–Kier alpha value is -2.33. The fourth-order valence-corrected chi connectivity index (χ4v) is 2.67. The molecule has 1 aliphatic heterocycles. The molecule has 0 aromatic heterocycles. The lowest BCUT2D eigenvalue weighted by Crippen LogP contribution is -2.54. The summed E-state index contributed by atoms with van der Waals surface area (Å²) in [5, 5.41) is 0.545. The van der Waals surface area contributed by atoms with Crippen molar-refractivity contribution < 1.29 is 9.59 Å². The highest BCUT2D eigenvalue weighted by atomic mass is 35.5. The molecule has 22 heavy (non-hydrogen) atoms. The summed E-state index contributed by atoms with van der Waals surface area (Å²) in [6.45, 7) is 2.21. The number of hydrogen-bond acceptors (Lipinski definition) is 3. The van der Waals surface area contributed by atoms with Crippen molar-refractivity contribution >= 4 is 34.8 Å². The molecular formula is C17H15ClN2O2. The summed E-state index contributed by atoms with van der Waals surface area (Å²) < 4.78 is 0. The van der Waals surface area contributed by atoms with Gasteiger partial charge in [0.25, 0.3) is 11.8 Å². The minimum atomic E-state index is -0.250. The van der Waals surface area contributed by atoms with Crippen molar-refractivity contribution in [3.8, 4) is 0 Å². The summed E-state index contributed by atoms with van der Waals surface area (Å²) in [4.78, 5) is 27.8. The number of benzene rings is 2. The number of aryl methyl sites for hydroxylation is 1. The molecular weight excluding hydrogens is 300 g/mol. The van der Waals surface area contributed by atoms with Gasteiger partial charge in [-0.25, -0.2) is 4.90 Å². The van der Waals surface area contributed by atoms with Gasteiger partial charge in [0.05, 0.1) is 18.8 Å². The topological polar surface area (TPSA) is 40.6 Å². The van der Waals surface area contributed by atoms with Crippen molar-refractivity contribution in [3.05, 3.63) is 59.1 Å². The number of rotatable bonds is 2. The van der Waals surface area contributed by atoms with Crippen LogP contribution in [0.2, 0.25) is 5.02 Å². The smallest absolute Gasteiger partial charge is 0.253 e. The van der Waals surface area contributed by atoms with Crippen LogP contribution < -0.4 is 9.80 Å². The fraction of sp³-hybridized carbons (Fsp3) is 0.176. The highest BCUT2D eigenvalue weighted by Crippen LogP contribution is 2.26. The molecule has 1 saturated heterocycles. The van der Waals surface area contributed by atoms with E-state index in [0.29, 0.717) is 10.7 Å². The normalized spacial score (nSPS) is 15.4. The van der Waals surface area contributed by atoms with Crippen molar-refractivity contribution in [3.63, 3.8) is 0 Å². The molecule has 0 spiro atoms. The van der Waals surface area contributed by atoms with E-state index in [1.165, 1.54) is 4.90 Å². The molecule has 112 valence electrons. The molecule has 1 fully saturated rings. The van der Waals surface area contributed by atoms with Crippen molar-refractivity contribution in [2.75, 3.05) is 22.9 Å². The lowest BCUT2D eigenvalue weighted by molar-refractivity contribution is -0.126. The van der Waals surface area contributed by atoms with Gasteiger partial charge in [0.2, 0.25) is 0 Å². The molecule has 0 bridgehead atoms. The van der Waals surface area contributed by atoms with Gasteiger partial charge in [0.15, 0.2) is 0 Å². The number of anilines is 2. The molecule has 0 aliphatic carbocycles. The van der Waals surface area contributed by atoms with Crippen LogP contribution in [0.15, 0.2) is 48.5 Å². The maximum atomic E-state index is 12.4.